The van der Waals surface area contributed by atoms with Crippen molar-refractivity contribution in [2.45, 2.75) is 19.3 Å². The Kier molecular flexibility index (Phi) is 3.39. The predicted molar refractivity (Wildman–Crippen MR) is 71.6 cm³/mol. The number of anilines is 1. The number of nitrogens with zero attached hydrogens (tertiary/aromatic N) is 1. The summed E-state index contributed by atoms with van der Waals surface area (Å²) in [5.74, 6) is 0. The third-order valence-electron chi connectivity index (χ3n) is 3.27. The van der Waals surface area contributed by atoms with Crippen molar-refractivity contribution in [1.29, 1.82) is 0 Å². The van der Waals surface area contributed by atoms with Crippen molar-refractivity contribution in [3.8, 4) is 0 Å². The van der Waals surface area contributed by atoms with Crippen molar-refractivity contribution in [3.63, 3.8) is 0 Å². The minimum atomic E-state index is 0. The van der Waals surface area contributed by atoms with Crippen LogP contribution in [0.15, 0.2) is 30.5 Å². The molecule has 1 N–H and O–H groups in total. The molecule has 0 atom stereocenters. The second kappa shape index (κ2) is 4.79. The smallest absolute Gasteiger partial charge is 0.0474 e. The van der Waals surface area contributed by atoms with Gasteiger partial charge in [0.25, 0.3) is 0 Å². The maximum atomic E-state index is 3.27. The Hall–Kier alpha value is -1.15. The molecule has 1 aromatic carbocycles. The molecule has 0 radical (unpaired) electrons. The number of piperidine rings is 1. The fourth-order valence-electron chi connectivity index (χ4n) is 2.48. The van der Waals surface area contributed by atoms with Gasteiger partial charge in [-0.1, -0.05) is 6.07 Å². The number of hydrogen-bond acceptors (Lipinski definition) is 1. The highest BCUT2D eigenvalue weighted by atomic mass is 35.5. The molecule has 2 heterocycles. The van der Waals surface area contributed by atoms with E-state index in [0.717, 1.165) is 0 Å². The summed E-state index contributed by atoms with van der Waals surface area (Å²) >= 11 is 0. The molecule has 86 valence electrons. The van der Waals surface area contributed by atoms with E-state index in [-0.39, 0.29) is 12.4 Å². The van der Waals surface area contributed by atoms with E-state index in [1.807, 2.05) is 6.20 Å². The molecule has 0 spiro atoms. The Morgan fingerprint density at radius 2 is 1.81 bits per heavy atom. The van der Waals surface area contributed by atoms with E-state index in [2.05, 4.69) is 34.1 Å². The quantitative estimate of drug-likeness (QED) is 0.802. The minimum Gasteiger partial charge on any atom is -0.371 e. The first-order valence-corrected chi connectivity index (χ1v) is 5.76. The fourth-order valence-corrected chi connectivity index (χ4v) is 2.48. The summed E-state index contributed by atoms with van der Waals surface area (Å²) in [6.07, 6.45) is 6.08. The van der Waals surface area contributed by atoms with Crippen LogP contribution in [0, 0.1) is 0 Å². The van der Waals surface area contributed by atoms with E-state index < -0.39 is 0 Å². The van der Waals surface area contributed by atoms with Gasteiger partial charge in [-0.25, -0.2) is 0 Å². The van der Waals surface area contributed by atoms with Crippen LogP contribution >= 0.6 is 12.4 Å². The van der Waals surface area contributed by atoms with Crippen LogP contribution in [0.5, 0.6) is 0 Å². The number of nitrogens with one attached hydrogen (secondary N) is 1. The molecular formula is C13H17ClN2. The molecule has 1 aromatic heterocycles. The van der Waals surface area contributed by atoms with Gasteiger partial charge in [0, 0.05) is 35.9 Å². The first-order chi connectivity index (χ1) is 7.45. The van der Waals surface area contributed by atoms with Gasteiger partial charge >= 0.3 is 0 Å². The number of benzene rings is 1. The number of rotatable bonds is 1. The number of fused-ring (bicyclic) bond motifs is 1. The minimum absolute atomic E-state index is 0. The number of aromatic amines is 1. The summed E-state index contributed by atoms with van der Waals surface area (Å²) in [6.45, 7) is 2.43. The van der Waals surface area contributed by atoms with Crippen LogP contribution in [-0.4, -0.2) is 18.1 Å². The Morgan fingerprint density at radius 3 is 2.62 bits per heavy atom. The molecular weight excluding hydrogens is 220 g/mol. The summed E-state index contributed by atoms with van der Waals surface area (Å²) in [6, 6.07) is 8.70. The van der Waals surface area contributed by atoms with Gasteiger partial charge in [0.2, 0.25) is 0 Å². The molecule has 1 aliphatic rings. The van der Waals surface area contributed by atoms with Crippen molar-refractivity contribution < 1.29 is 0 Å². The van der Waals surface area contributed by atoms with Crippen molar-refractivity contribution in [2.24, 2.45) is 0 Å². The number of aromatic nitrogens is 1. The van der Waals surface area contributed by atoms with E-state index in [1.165, 1.54) is 48.9 Å². The molecule has 0 amide bonds. The number of H-pyrrole nitrogens is 1. The van der Waals surface area contributed by atoms with E-state index in [1.54, 1.807) is 0 Å². The zero-order chi connectivity index (χ0) is 10.1. The predicted octanol–water partition coefficient (Wildman–Crippen LogP) is 3.58. The van der Waals surface area contributed by atoms with Gasteiger partial charge in [-0.05, 0) is 37.5 Å². The fraction of sp³-hybridized carbons (Fsp3) is 0.385. The Bertz CT molecular complexity index is 458. The van der Waals surface area contributed by atoms with Crippen LogP contribution in [0.4, 0.5) is 5.69 Å². The normalized spacial score (nSPS) is 16.1. The maximum Gasteiger partial charge on any atom is 0.0474 e. The summed E-state index contributed by atoms with van der Waals surface area (Å²) in [7, 11) is 0. The highest BCUT2D eigenvalue weighted by Crippen LogP contribution is 2.28. The second-order valence-electron chi connectivity index (χ2n) is 4.26. The molecule has 1 fully saturated rings. The van der Waals surface area contributed by atoms with Gasteiger partial charge in [-0.3, -0.25) is 0 Å². The SMILES string of the molecule is Cl.c1cc(N2CCCCC2)c2cc[nH]c2c1. The standard InChI is InChI=1S/C13H16N2.ClH/c1-2-9-15(10-3-1)13-6-4-5-12-11(13)7-8-14-12;/h4-8,14H,1-3,9-10H2;1H. The van der Waals surface area contributed by atoms with Gasteiger partial charge < -0.3 is 9.88 Å². The molecule has 0 unspecified atom stereocenters. The largest absolute Gasteiger partial charge is 0.371 e. The molecule has 16 heavy (non-hydrogen) atoms. The summed E-state index contributed by atoms with van der Waals surface area (Å²) in [5.41, 5.74) is 2.64. The van der Waals surface area contributed by atoms with Crippen LogP contribution in [0.1, 0.15) is 19.3 Å². The summed E-state index contributed by atoms with van der Waals surface area (Å²) < 4.78 is 0. The molecule has 2 aromatic rings. The second-order valence-corrected chi connectivity index (χ2v) is 4.26. The van der Waals surface area contributed by atoms with Crippen molar-refractivity contribution >= 4 is 29.0 Å². The number of hydrogen-bond donors (Lipinski definition) is 1. The third kappa shape index (κ3) is 1.90. The van der Waals surface area contributed by atoms with Gasteiger partial charge in [0.15, 0.2) is 0 Å². The average molecular weight is 237 g/mol. The van der Waals surface area contributed by atoms with Gasteiger partial charge in [0.1, 0.15) is 0 Å². The Morgan fingerprint density at radius 1 is 1.00 bits per heavy atom. The molecule has 0 bridgehead atoms. The van der Waals surface area contributed by atoms with Crippen molar-refractivity contribution in [3.05, 3.63) is 30.5 Å². The maximum absolute atomic E-state index is 3.27. The zero-order valence-corrected chi connectivity index (χ0v) is 10.1. The lowest BCUT2D eigenvalue weighted by Crippen LogP contribution is -2.29. The van der Waals surface area contributed by atoms with E-state index in [0.29, 0.717) is 0 Å². The monoisotopic (exact) mass is 236 g/mol. The van der Waals surface area contributed by atoms with E-state index in [9.17, 15) is 0 Å². The lowest BCUT2D eigenvalue weighted by Gasteiger charge is -2.29. The van der Waals surface area contributed by atoms with Gasteiger partial charge in [-0.2, -0.15) is 0 Å². The van der Waals surface area contributed by atoms with E-state index >= 15 is 0 Å². The highest BCUT2D eigenvalue weighted by molar-refractivity contribution is 5.92. The molecule has 0 saturated carbocycles. The lowest BCUT2D eigenvalue weighted by atomic mass is 10.1. The molecule has 3 heteroatoms. The summed E-state index contributed by atoms with van der Waals surface area (Å²) in [4.78, 5) is 5.79. The summed E-state index contributed by atoms with van der Waals surface area (Å²) in [5, 5.41) is 1.36. The molecule has 2 nitrogen and oxygen atoms in total. The molecule has 3 rings (SSSR count). The van der Waals surface area contributed by atoms with Crippen LogP contribution in [-0.2, 0) is 0 Å². The van der Waals surface area contributed by atoms with Crippen molar-refractivity contribution in [1.82, 2.24) is 4.98 Å². The van der Waals surface area contributed by atoms with Crippen molar-refractivity contribution in [2.75, 3.05) is 18.0 Å². The Balaban J connectivity index is 0.000000963. The topological polar surface area (TPSA) is 19.0 Å². The van der Waals surface area contributed by atoms with Gasteiger partial charge in [-0.15, -0.1) is 12.4 Å². The molecule has 1 aliphatic heterocycles. The van der Waals surface area contributed by atoms with Crippen LogP contribution in [0.2, 0.25) is 0 Å². The van der Waals surface area contributed by atoms with Gasteiger partial charge in [0.05, 0.1) is 0 Å². The van der Waals surface area contributed by atoms with Crippen LogP contribution in [0.3, 0.4) is 0 Å². The molecule has 1 saturated heterocycles. The van der Waals surface area contributed by atoms with Crippen LogP contribution < -0.4 is 4.90 Å². The number of halogens is 1. The lowest BCUT2D eigenvalue weighted by molar-refractivity contribution is 0.579. The third-order valence-corrected chi connectivity index (χ3v) is 3.27. The molecule has 0 aliphatic carbocycles. The zero-order valence-electron chi connectivity index (χ0n) is 9.28. The Labute approximate surface area is 102 Å². The van der Waals surface area contributed by atoms with E-state index in [4.69, 9.17) is 0 Å². The first kappa shape index (κ1) is 11.3. The van der Waals surface area contributed by atoms with Crippen LogP contribution in [0.25, 0.3) is 10.9 Å². The highest BCUT2D eigenvalue weighted by Gasteiger charge is 2.13. The average Bonchev–Trinajstić information content (AvgIpc) is 2.78. The first-order valence-electron chi connectivity index (χ1n) is 5.76.